The number of hydrogen-bond acceptors (Lipinski definition) is 4. The number of aromatic nitrogens is 2. The molecule has 0 atom stereocenters. The average Bonchev–Trinajstić information content (AvgIpc) is 2.95. The summed E-state index contributed by atoms with van der Waals surface area (Å²) >= 11 is 0. The summed E-state index contributed by atoms with van der Waals surface area (Å²) in [6.45, 7) is 2.60. The lowest BCUT2D eigenvalue weighted by Crippen LogP contribution is -2.29. The molecule has 2 aromatic rings. The van der Waals surface area contributed by atoms with Gasteiger partial charge in [0, 0.05) is 25.8 Å². The molecule has 5 heteroatoms. The zero-order valence-electron chi connectivity index (χ0n) is 14.7. The summed E-state index contributed by atoms with van der Waals surface area (Å²) in [5, 5.41) is 2.96. The molecule has 0 radical (unpaired) electrons. The molecule has 1 aliphatic heterocycles. The number of hydrogen-bond donors (Lipinski definition) is 1. The van der Waals surface area contributed by atoms with E-state index >= 15 is 0 Å². The number of nitrogens with zero attached hydrogens (tertiary/aromatic N) is 3. The van der Waals surface area contributed by atoms with E-state index in [9.17, 15) is 4.79 Å². The summed E-state index contributed by atoms with van der Waals surface area (Å²) in [5.74, 6) is 0.561. The fourth-order valence-electron chi connectivity index (χ4n) is 3.13. The number of nitrogens with one attached hydrogen (secondary N) is 1. The second-order valence-corrected chi connectivity index (χ2v) is 6.49. The zero-order valence-corrected chi connectivity index (χ0v) is 14.7. The Kier molecular flexibility index (Phi) is 6.37. The molecule has 25 heavy (non-hydrogen) atoms. The molecule has 0 aliphatic carbocycles. The predicted octanol–water partition coefficient (Wildman–Crippen LogP) is 3.22. The van der Waals surface area contributed by atoms with E-state index in [1.54, 1.807) is 12.3 Å². The van der Waals surface area contributed by atoms with Crippen molar-refractivity contribution < 1.29 is 4.79 Å². The van der Waals surface area contributed by atoms with Crippen molar-refractivity contribution in [2.45, 2.75) is 38.5 Å². The summed E-state index contributed by atoms with van der Waals surface area (Å²) in [6, 6.07) is 12.0. The highest BCUT2D eigenvalue weighted by atomic mass is 16.1. The number of amides is 1. The molecule has 1 aliphatic rings. The second kappa shape index (κ2) is 9.16. The minimum Gasteiger partial charge on any atom is -0.351 e. The fourth-order valence-corrected chi connectivity index (χ4v) is 3.13. The third kappa shape index (κ3) is 5.28. The number of anilines is 1. The van der Waals surface area contributed by atoms with Crippen LogP contribution in [0.1, 0.15) is 48.2 Å². The van der Waals surface area contributed by atoms with Crippen LogP contribution in [-0.2, 0) is 6.42 Å². The average molecular weight is 338 g/mol. The lowest BCUT2D eigenvalue weighted by molar-refractivity contribution is 0.0948. The van der Waals surface area contributed by atoms with Crippen molar-refractivity contribution in [3.05, 3.63) is 53.9 Å². The number of benzene rings is 1. The molecule has 0 unspecified atom stereocenters. The van der Waals surface area contributed by atoms with Crippen molar-refractivity contribution in [3.8, 4) is 0 Å². The summed E-state index contributed by atoms with van der Waals surface area (Å²) in [6.07, 6.45) is 8.42. The van der Waals surface area contributed by atoms with E-state index in [1.807, 2.05) is 18.2 Å². The van der Waals surface area contributed by atoms with Gasteiger partial charge in [0.05, 0.1) is 0 Å². The number of aryl methyl sites for hydroxylation is 1. The number of carbonyl (C=O) groups excluding carboxylic acids is 1. The van der Waals surface area contributed by atoms with Crippen LogP contribution in [0.25, 0.3) is 0 Å². The Bertz CT molecular complexity index is 666. The Balaban J connectivity index is 1.50. The van der Waals surface area contributed by atoms with E-state index in [4.69, 9.17) is 0 Å². The molecule has 1 aromatic carbocycles. The Morgan fingerprint density at radius 1 is 1.04 bits per heavy atom. The van der Waals surface area contributed by atoms with Crippen LogP contribution < -0.4 is 10.2 Å². The molecule has 132 valence electrons. The van der Waals surface area contributed by atoms with Gasteiger partial charge in [-0.2, -0.15) is 0 Å². The van der Waals surface area contributed by atoms with Crippen molar-refractivity contribution in [3.63, 3.8) is 0 Å². The normalized spacial score (nSPS) is 14.8. The van der Waals surface area contributed by atoms with Crippen LogP contribution in [0, 0.1) is 0 Å². The molecular formula is C20H26N4O. The first kappa shape index (κ1) is 17.4. The molecule has 1 N–H and O–H groups in total. The molecule has 3 rings (SSSR count). The number of rotatable bonds is 6. The first-order valence-corrected chi connectivity index (χ1v) is 9.23. The molecule has 2 heterocycles. The van der Waals surface area contributed by atoms with Crippen molar-refractivity contribution in [1.82, 2.24) is 15.3 Å². The minimum atomic E-state index is -0.119. The molecule has 1 amide bonds. The van der Waals surface area contributed by atoms with Crippen LogP contribution in [0.3, 0.4) is 0 Å². The molecular weight excluding hydrogens is 312 g/mol. The first-order valence-electron chi connectivity index (χ1n) is 9.23. The maximum atomic E-state index is 12.3. The second-order valence-electron chi connectivity index (χ2n) is 6.49. The van der Waals surface area contributed by atoms with Crippen LogP contribution in [0.2, 0.25) is 0 Å². The van der Waals surface area contributed by atoms with Crippen molar-refractivity contribution >= 4 is 11.9 Å². The SMILES string of the molecule is O=C(NCCCc1ccccc1)c1ccnc(N2CCCCCC2)n1. The van der Waals surface area contributed by atoms with E-state index in [2.05, 4.69) is 32.3 Å². The molecule has 1 fully saturated rings. The standard InChI is InChI=1S/C20H26N4O/c25-19(21-13-8-11-17-9-4-3-5-10-17)18-12-14-22-20(23-18)24-15-6-1-2-7-16-24/h3-5,9-10,12,14H,1-2,6-8,11,13,15-16H2,(H,21,25). The monoisotopic (exact) mass is 338 g/mol. The van der Waals surface area contributed by atoms with E-state index in [0.717, 1.165) is 25.9 Å². The maximum Gasteiger partial charge on any atom is 0.270 e. The summed E-state index contributed by atoms with van der Waals surface area (Å²) < 4.78 is 0. The molecule has 0 bridgehead atoms. The van der Waals surface area contributed by atoms with Gasteiger partial charge in [0.2, 0.25) is 5.95 Å². The van der Waals surface area contributed by atoms with Crippen molar-refractivity contribution in [1.29, 1.82) is 0 Å². The largest absolute Gasteiger partial charge is 0.351 e. The Hall–Kier alpha value is -2.43. The molecule has 5 nitrogen and oxygen atoms in total. The lowest BCUT2D eigenvalue weighted by Gasteiger charge is -2.20. The topological polar surface area (TPSA) is 58.1 Å². The Morgan fingerprint density at radius 3 is 2.56 bits per heavy atom. The zero-order chi connectivity index (χ0) is 17.3. The Labute approximate surface area is 149 Å². The van der Waals surface area contributed by atoms with Gasteiger partial charge in [-0.05, 0) is 37.3 Å². The van der Waals surface area contributed by atoms with Gasteiger partial charge in [-0.1, -0.05) is 43.2 Å². The van der Waals surface area contributed by atoms with Crippen LogP contribution >= 0.6 is 0 Å². The molecule has 1 aromatic heterocycles. The van der Waals surface area contributed by atoms with Gasteiger partial charge in [-0.3, -0.25) is 4.79 Å². The molecule has 0 saturated carbocycles. The fraction of sp³-hybridized carbons (Fsp3) is 0.450. The number of carbonyl (C=O) groups is 1. The highest BCUT2D eigenvalue weighted by molar-refractivity contribution is 5.92. The summed E-state index contributed by atoms with van der Waals surface area (Å²) in [7, 11) is 0. The van der Waals surface area contributed by atoms with Crippen molar-refractivity contribution in [2.75, 3.05) is 24.5 Å². The quantitative estimate of drug-likeness (QED) is 0.822. The third-order valence-electron chi connectivity index (χ3n) is 4.54. The van der Waals surface area contributed by atoms with Gasteiger partial charge >= 0.3 is 0 Å². The van der Waals surface area contributed by atoms with Gasteiger partial charge < -0.3 is 10.2 Å². The predicted molar refractivity (Wildman–Crippen MR) is 99.8 cm³/mol. The highest BCUT2D eigenvalue weighted by Crippen LogP contribution is 2.15. The van der Waals surface area contributed by atoms with Crippen LogP contribution in [0.15, 0.2) is 42.6 Å². The van der Waals surface area contributed by atoms with Crippen LogP contribution in [0.4, 0.5) is 5.95 Å². The Morgan fingerprint density at radius 2 is 1.80 bits per heavy atom. The van der Waals surface area contributed by atoms with Gasteiger partial charge in [0.15, 0.2) is 0 Å². The van der Waals surface area contributed by atoms with E-state index < -0.39 is 0 Å². The summed E-state index contributed by atoms with van der Waals surface area (Å²) in [5.41, 5.74) is 1.75. The molecule has 1 saturated heterocycles. The minimum absolute atomic E-state index is 0.119. The van der Waals surface area contributed by atoms with Crippen LogP contribution in [0.5, 0.6) is 0 Å². The third-order valence-corrected chi connectivity index (χ3v) is 4.54. The van der Waals surface area contributed by atoms with Crippen LogP contribution in [-0.4, -0.2) is 35.5 Å². The lowest BCUT2D eigenvalue weighted by atomic mass is 10.1. The van der Waals surface area contributed by atoms with Crippen molar-refractivity contribution in [2.24, 2.45) is 0 Å². The smallest absolute Gasteiger partial charge is 0.270 e. The summed E-state index contributed by atoms with van der Waals surface area (Å²) in [4.78, 5) is 23.4. The van der Waals surface area contributed by atoms with E-state index in [-0.39, 0.29) is 5.91 Å². The first-order chi connectivity index (χ1) is 12.3. The van der Waals surface area contributed by atoms with E-state index in [1.165, 1.54) is 31.2 Å². The molecule has 0 spiro atoms. The van der Waals surface area contributed by atoms with E-state index in [0.29, 0.717) is 18.2 Å². The van der Waals surface area contributed by atoms with Gasteiger partial charge in [0.1, 0.15) is 5.69 Å². The van der Waals surface area contributed by atoms with Gasteiger partial charge in [-0.25, -0.2) is 9.97 Å². The van der Waals surface area contributed by atoms with Gasteiger partial charge in [0.25, 0.3) is 5.91 Å². The van der Waals surface area contributed by atoms with Gasteiger partial charge in [-0.15, -0.1) is 0 Å². The maximum absolute atomic E-state index is 12.3. The highest BCUT2D eigenvalue weighted by Gasteiger charge is 2.14.